The Hall–Kier alpha value is -3.29. The summed E-state index contributed by atoms with van der Waals surface area (Å²) in [5.41, 5.74) is 5.68. The van der Waals surface area contributed by atoms with Crippen LogP contribution in [0.25, 0.3) is 16.3 Å². The number of allylic oxidation sites excluding steroid dienone is 1. The fraction of sp³-hybridized carbons (Fsp3) is 0.222. The third kappa shape index (κ3) is 4.54. The van der Waals surface area contributed by atoms with Crippen LogP contribution in [0.4, 0.5) is 0 Å². The summed E-state index contributed by atoms with van der Waals surface area (Å²) in [6.45, 7) is 5.02. The van der Waals surface area contributed by atoms with E-state index in [0.29, 0.717) is 16.8 Å². The lowest BCUT2D eigenvalue weighted by Gasteiger charge is -2.37. The Labute approximate surface area is 209 Å². The van der Waals surface area contributed by atoms with E-state index in [0.717, 1.165) is 41.1 Å². The van der Waals surface area contributed by atoms with Crippen LogP contribution in [0.2, 0.25) is 0 Å². The molecule has 0 amide bonds. The predicted octanol–water partition coefficient (Wildman–Crippen LogP) is 6.27. The first-order valence-electron chi connectivity index (χ1n) is 11.4. The summed E-state index contributed by atoms with van der Waals surface area (Å²) < 4.78 is 5.82. The summed E-state index contributed by atoms with van der Waals surface area (Å²) in [4.78, 5) is 7.90. The van der Waals surface area contributed by atoms with Crippen LogP contribution in [-0.2, 0) is 12.8 Å². The second-order valence-electron chi connectivity index (χ2n) is 8.26. The van der Waals surface area contributed by atoms with Gasteiger partial charge in [-0.1, -0.05) is 72.7 Å². The number of nitrogens with zero attached hydrogens (tertiary/aromatic N) is 3. The molecule has 0 spiro atoms. The molecule has 0 saturated carbocycles. The molecular formula is C27H26N4OS2. The molecule has 0 bridgehead atoms. The Kier molecular flexibility index (Phi) is 6.56. The summed E-state index contributed by atoms with van der Waals surface area (Å²) in [6.07, 6.45) is 1.88. The maximum atomic E-state index is 5.83. The van der Waals surface area contributed by atoms with Crippen LogP contribution in [0.1, 0.15) is 42.5 Å². The second kappa shape index (κ2) is 9.91. The standard InChI is InChI=1S/C27H26N4OS2/c1-3-19-11-13-21(14-12-19)24-23(26-29-25(30-32-26)22-10-7-17-34-22)18(2)31(27(33)28-24)16-15-20-8-5-4-6-9-20/h4-14,17,24H,3,15-16H2,1-2H3,(H,28,33). The molecule has 34 heavy (non-hydrogen) atoms. The first-order chi connectivity index (χ1) is 16.6. The molecular weight excluding hydrogens is 460 g/mol. The number of aromatic nitrogens is 2. The average molecular weight is 487 g/mol. The average Bonchev–Trinajstić information content (AvgIpc) is 3.57. The van der Waals surface area contributed by atoms with E-state index in [2.05, 4.69) is 77.8 Å². The van der Waals surface area contributed by atoms with Gasteiger partial charge in [-0.05, 0) is 60.1 Å². The molecule has 0 saturated heterocycles. The van der Waals surface area contributed by atoms with Gasteiger partial charge in [-0.2, -0.15) is 4.98 Å². The molecule has 172 valence electrons. The number of thiocarbonyl (C=S) groups is 1. The minimum atomic E-state index is -0.164. The van der Waals surface area contributed by atoms with Crippen LogP contribution < -0.4 is 5.32 Å². The van der Waals surface area contributed by atoms with Crippen molar-refractivity contribution in [3.05, 3.63) is 100 Å². The van der Waals surface area contributed by atoms with E-state index in [4.69, 9.17) is 21.7 Å². The molecule has 3 heterocycles. The molecule has 5 rings (SSSR count). The highest BCUT2D eigenvalue weighted by molar-refractivity contribution is 7.80. The zero-order valence-electron chi connectivity index (χ0n) is 19.2. The summed E-state index contributed by atoms with van der Waals surface area (Å²) >= 11 is 7.43. The first-order valence-corrected chi connectivity index (χ1v) is 12.7. The molecule has 7 heteroatoms. The van der Waals surface area contributed by atoms with Crippen molar-refractivity contribution in [3.63, 3.8) is 0 Å². The Balaban J connectivity index is 1.53. The maximum absolute atomic E-state index is 5.83. The number of rotatable bonds is 7. The minimum Gasteiger partial charge on any atom is -0.351 e. The van der Waals surface area contributed by atoms with Crippen molar-refractivity contribution in [2.45, 2.75) is 32.7 Å². The number of hydrogen-bond donors (Lipinski definition) is 1. The van der Waals surface area contributed by atoms with Crippen molar-refractivity contribution < 1.29 is 4.52 Å². The topological polar surface area (TPSA) is 54.2 Å². The van der Waals surface area contributed by atoms with Gasteiger partial charge in [0.1, 0.15) is 0 Å². The zero-order chi connectivity index (χ0) is 23.5. The van der Waals surface area contributed by atoms with E-state index in [1.54, 1.807) is 11.3 Å². The summed E-state index contributed by atoms with van der Waals surface area (Å²) in [5, 5.41) is 10.5. The molecule has 1 aliphatic heterocycles. The van der Waals surface area contributed by atoms with Gasteiger partial charge >= 0.3 is 0 Å². The monoisotopic (exact) mass is 486 g/mol. The zero-order valence-corrected chi connectivity index (χ0v) is 20.8. The lowest BCUT2D eigenvalue weighted by Crippen LogP contribution is -2.46. The van der Waals surface area contributed by atoms with E-state index >= 15 is 0 Å². The van der Waals surface area contributed by atoms with E-state index in [1.165, 1.54) is 11.1 Å². The van der Waals surface area contributed by atoms with Gasteiger partial charge in [-0.3, -0.25) is 0 Å². The van der Waals surface area contributed by atoms with Crippen molar-refractivity contribution in [2.75, 3.05) is 6.54 Å². The predicted molar refractivity (Wildman–Crippen MR) is 141 cm³/mol. The van der Waals surface area contributed by atoms with Crippen molar-refractivity contribution in [3.8, 4) is 10.7 Å². The van der Waals surface area contributed by atoms with Crippen LogP contribution >= 0.6 is 23.6 Å². The summed E-state index contributed by atoms with van der Waals surface area (Å²) in [7, 11) is 0. The number of benzene rings is 2. The lowest BCUT2D eigenvalue weighted by atomic mass is 9.93. The van der Waals surface area contributed by atoms with Crippen molar-refractivity contribution in [1.29, 1.82) is 0 Å². The Morgan fingerprint density at radius 1 is 1.03 bits per heavy atom. The molecule has 1 aliphatic rings. The quantitative estimate of drug-likeness (QED) is 0.311. The van der Waals surface area contributed by atoms with Crippen LogP contribution in [0.5, 0.6) is 0 Å². The van der Waals surface area contributed by atoms with Crippen LogP contribution in [-0.4, -0.2) is 26.7 Å². The third-order valence-electron chi connectivity index (χ3n) is 6.18. The van der Waals surface area contributed by atoms with Crippen LogP contribution in [0.3, 0.4) is 0 Å². The summed E-state index contributed by atoms with van der Waals surface area (Å²) in [5.74, 6) is 1.12. The molecule has 0 radical (unpaired) electrons. The number of nitrogens with one attached hydrogen (secondary N) is 1. The van der Waals surface area contributed by atoms with Crippen LogP contribution in [0.15, 0.2) is 82.3 Å². The van der Waals surface area contributed by atoms with E-state index in [-0.39, 0.29) is 6.04 Å². The Morgan fingerprint density at radius 3 is 2.53 bits per heavy atom. The normalized spacial score (nSPS) is 16.1. The first kappa shape index (κ1) is 22.5. The molecule has 1 N–H and O–H groups in total. The van der Waals surface area contributed by atoms with Gasteiger partial charge in [0.2, 0.25) is 5.82 Å². The van der Waals surface area contributed by atoms with Gasteiger partial charge in [0.05, 0.1) is 16.5 Å². The van der Waals surface area contributed by atoms with Gasteiger partial charge in [0.15, 0.2) is 5.11 Å². The van der Waals surface area contributed by atoms with Gasteiger partial charge in [0, 0.05) is 12.2 Å². The van der Waals surface area contributed by atoms with E-state index in [1.807, 2.05) is 23.6 Å². The fourth-order valence-corrected chi connectivity index (χ4v) is 5.24. The van der Waals surface area contributed by atoms with Gasteiger partial charge < -0.3 is 14.7 Å². The largest absolute Gasteiger partial charge is 0.351 e. The highest BCUT2D eigenvalue weighted by atomic mass is 32.1. The Morgan fingerprint density at radius 2 is 1.82 bits per heavy atom. The van der Waals surface area contributed by atoms with Crippen molar-refractivity contribution in [1.82, 2.24) is 20.4 Å². The molecule has 1 atom stereocenters. The van der Waals surface area contributed by atoms with Gasteiger partial charge in [-0.25, -0.2) is 0 Å². The molecule has 1 unspecified atom stereocenters. The number of thiophene rings is 1. The van der Waals surface area contributed by atoms with E-state index in [9.17, 15) is 0 Å². The fourth-order valence-electron chi connectivity index (χ4n) is 4.25. The SMILES string of the molecule is CCc1ccc(C2NC(=S)N(CCc3ccccc3)C(C)=C2c2nc(-c3cccs3)no2)cc1. The molecule has 0 aliphatic carbocycles. The van der Waals surface area contributed by atoms with Crippen molar-refractivity contribution in [2.24, 2.45) is 0 Å². The highest BCUT2D eigenvalue weighted by Crippen LogP contribution is 2.38. The Bertz CT molecular complexity index is 1290. The van der Waals surface area contributed by atoms with Gasteiger partial charge in [0.25, 0.3) is 5.89 Å². The molecule has 2 aromatic carbocycles. The maximum Gasteiger partial charge on any atom is 0.258 e. The summed E-state index contributed by atoms with van der Waals surface area (Å²) in [6, 6.07) is 22.9. The highest BCUT2D eigenvalue weighted by Gasteiger charge is 2.34. The van der Waals surface area contributed by atoms with Gasteiger partial charge in [-0.15, -0.1) is 11.3 Å². The molecule has 4 aromatic rings. The smallest absolute Gasteiger partial charge is 0.258 e. The second-order valence-corrected chi connectivity index (χ2v) is 9.60. The molecule has 0 fully saturated rings. The minimum absolute atomic E-state index is 0.164. The number of aryl methyl sites for hydroxylation is 1. The van der Waals surface area contributed by atoms with E-state index < -0.39 is 0 Å². The van der Waals surface area contributed by atoms with Crippen LogP contribution in [0, 0.1) is 0 Å². The lowest BCUT2D eigenvalue weighted by molar-refractivity contribution is 0.397. The molecule has 5 nitrogen and oxygen atoms in total. The number of hydrogen-bond acceptors (Lipinski definition) is 5. The molecule has 2 aromatic heterocycles. The van der Waals surface area contributed by atoms with Crippen molar-refractivity contribution >= 4 is 34.2 Å². The third-order valence-corrected chi connectivity index (χ3v) is 7.39.